The highest BCUT2D eigenvalue weighted by molar-refractivity contribution is 5.89. The van der Waals surface area contributed by atoms with E-state index in [1.807, 2.05) is 6.92 Å². The molecule has 0 saturated carbocycles. The van der Waals surface area contributed by atoms with Gasteiger partial charge in [-0.1, -0.05) is 13.2 Å². The normalized spacial score (nSPS) is 46.0. The molecule has 3 aliphatic rings. The lowest BCUT2D eigenvalue weighted by molar-refractivity contribution is -0.165. The van der Waals surface area contributed by atoms with Crippen LogP contribution in [0.1, 0.15) is 58.8 Å². The number of aliphatic hydroxyl groups is 2. The highest BCUT2D eigenvalue weighted by Crippen LogP contribution is 2.42. The average molecular weight is 350 g/mol. The van der Waals surface area contributed by atoms with Crippen molar-refractivity contribution in [2.24, 2.45) is 5.92 Å². The molecule has 0 aliphatic carbocycles. The molecule has 3 saturated heterocycles. The van der Waals surface area contributed by atoms with E-state index in [0.717, 1.165) is 18.4 Å². The Morgan fingerprint density at radius 1 is 1.12 bits per heavy atom. The number of aliphatic hydroxyl groups excluding tert-OH is 2. The number of carbonyl (C=O) groups is 1. The highest BCUT2D eigenvalue weighted by Gasteiger charge is 2.46. The average Bonchev–Trinajstić information content (AvgIpc) is 2.87. The fourth-order valence-electron chi connectivity index (χ4n) is 4.46. The van der Waals surface area contributed by atoms with E-state index in [9.17, 15) is 15.0 Å². The molecule has 0 spiro atoms. The zero-order valence-corrected chi connectivity index (χ0v) is 15.3. The third-order valence-electron chi connectivity index (χ3n) is 6.35. The Bertz CT molecular complexity index is 585. The van der Waals surface area contributed by atoms with Crippen LogP contribution in [0, 0.1) is 5.92 Å². The SMILES string of the molecule is C=C1C(=O)O[C@@]2(C)CC[C@H]1[C@@H](O)C[C@]1(C)CC[C@@H](O1)C(=C)CC[C@@H]2O. The third kappa shape index (κ3) is 3.55. The smallest absolute Gasteiger partial charge is 0.334 e. The number of hydrogen-bond donors (Lipinski definition) is 2. The Kier molecular flexibility index (Phi) is 4.86. The summed E-state index contributed by atoms with van der Waals surface area (Å²) in [6.07, 6.45) is 2.77. The van der Waals surface area contributed by atoms with Gasteiger partial charge in [0.2, 0.25) is 0 Å². The first-order valence-corrected chi connectivity index (χ1v) is 9.27. The number of fused-ring (bicyclic) bond motifs is 5. The van der Waals surface area contributed by atoms with Crippen LogP contribution in [0.3, 0.4) is 0 Å². The summed E-state index contributed by atoms with van der Waals surface area (Å²) in [7, 11) is 0. The van der Waals surface area contributed by atoms with Crippen molar-refractivity contribution in [1.82, 2.24) is 0 Å². The summed E-state index contributed by atoms with van der Waals surface area (Å²) in [6, 6.07) is 0. The maximum atomic E-state index is 12.5. The monoisotopic (exact) mass is 350 g/mol. The van der Waals surface area contributed by atoms with Gasteiger partial charge in [-0.3, -0.25) is 0 Å². The van der Waals surface area contributed by atoms with Crippen LogP contribution in [0.4, 0.5) is 0 Å². The molecule has 3 aliphatic heterocycles. The molecule has 140 valence electrons. The second-order valence-corrected chi connectivity index (χ2v) is 8.45. The molecule has 0 aromatic rings. The Morgan fingerprint density at radius 2 is 1.84 bits per heavy atom. The summed E-state index contributed by atoms with van der Waals surface area (Å²) in [6.45, 7) is 11.8. The summed E-state index contributed by atoms with van der Waals surface area (Å²) in [5.74, 6) is -0.890. The molecule has 5 nitrogen and oxygen atoms in total. The number of esters is 1. The molecule has 4 bridgehead atoms. The van der Waals surface area contributed by atoms with Crippen molar-refractivity contribution in [3.8, 4) is 0 Å². The van der Waals surface area contributed by atoms with Crippen molar-refractivity contribution in [2.75, 3.05) is 0 Å². The van der Waals surface area contributed by atoms with Crippen LogP contribution in [-0.2, 0) is 14.3 Å². The predicted octanol–water partition coefficient (Wildman–Crippen LogP) is 2.65. The van der Waals surface area contributed by atoms with E-state index in [1.165, 1.54) is 0 Å². The molecule has 0 radical (unpaired) electrons. The number of hydrogen-bond acceptors (Lipinski definition) is 5. The molecule has 25 heavy (non-hydrogen) atoms. The van der Waals surface area contributed by atoms with Crippen LogP contribution in [0.5, 0.6) is 0 Å². The summed E-state index contributed by atoms with van der Waals surface area (Å²) in [5.41, 5.74) is -0.141. The van der Waals surface area contributed by atoms with Crippen molar-refractivity contribution in [3.63, 3.8) is 0 Å². The molecule has 0 amide bonds. The molecule has 3 fully saturated rings. The number of rotatable bonds is 0. The first-order valence-electron chi connectivity index (χ1n) is 9.27. The minimum Gasteiger partial charge on any atom is -0.453 e. The second-order valence-electron chi connectivity index (χ2n) is 8.45. The Morgan fingerprint density at radius 3 is 2.56 bits per heavy atom. The third-order valence-corrected chi connectivity index (χ3v) is 6.35. The minimum atomic E-state index is -0.966. The summed E-state index contributed by atoms with van der Waals surface area (Å²) < 4.78 is 11.8. The van der Waals surface area contributed by atoms with Gasteiger partial charge in [0.05, 0.1) is 23.9 Å². The fourth-order valence-corrected chi connectivity index (χ4v) is 4.46. The molecular formula is C20H30O5. The second kappa shape index (κ2) is 6.53. The quantitative estimate of drug-likeness (QED) is 0.399. The first-order chi connectivity index (χ1) is 11.6. The van der Waals surface area contributed by atoms with E-state index in [0.29, 0.717) is 37.7 Å². The van der Waals surface area contributed by atoms with Crippen molar-refractivity contribution in [3.05, 3.63) is 24.3 Å². The topological polar surface area (TPSA) is 76.0 Å². The summed E-state index contributed by atoms with van der Waals surface area (Å²) in [4.78, 5) is 12.5. The first kappa shape index (κ1) is 18.6. The van der Waals surface area contributed by atoms with Gasteiger partial charge in [-0.25, -0.2) is 4.79 Å². The van der Waals surface area contributed by atoms with Gasteiger partial charge < -0.3 is 19.7 Å². The van der Waals surface area contributed by atoms with Gasteiger partial charge in [-0.15, -0.1) is 0 Å². The molecule has 2 N–H and O–H groups in total. The van der Waals surface area contributed by atoms with E-state index in [2.05, 4.69) is 13.2 Å². The van der Waals surface area contributed by atoms with E-state index in [1.54, 1.807) is 6.92 Å². The van der Waals surface area contributed by atoms with Gasteiger partial charge >= 0.3 is 5.97 Å². The molecule has 6 atom stereocenters. The van der Waals surface area contributed by atoms with Crippen LogP contribution < -0.4 is 0 Å². The Hall–Kier alpha value is -1.17. The maximum Gasteiger partial charge on any atom is 0.334 e. The van der Waals surface area contributed by atoms with Crippen LogP contribution >= 0.6 is 0 Å². The maximum absolute atomic E-state index is 12.5. The summed E-state index contributed by atoms with van der Waals surface area (Å²) in [5, 5.41) is 21.5. The van der Waals surface area contributed by atoms with Crippen molar-refractivity contribution in [2.45, 2.75) is 88.3 Å². The van der Waals surface area contributed by atoms with Crippen molar-refractivity contribution < 1.29 is 24.5 Å². The van der Waals surface area contributed by atoms with Gasteiger partial charge in [0.25, 0.3) is 0 Å². The minimum absolute atomic E-state index is 0.0384. The Balaban J connectivity index is 1.93. The molecular weight excluding hydrogens is 320 g/mol. The molecule has 3 heterocycles. The lowest BCUT2D eigenvalue weighted by atomic mass is 9.80. The van der Waals surface area contributed by atoms with Gasteiger partial charge in [-0.2, -0.15) is 0 Å². The number of carbonyl (C=O) groups excluding carboxylic acids is 1. The van der Waals surface area contributed by atoms with Crippen LogP contribution in [0.25, 0.3) is 0 Å². The van der Waals surface area contributed by atoms with Gasteiger partial charge in [0.15, 0.2) is 0 Å². The van der Waals surface area contributed by atoms with E-state index >= 15 is 0 Å². The molecule has 3 rings (SSSR count). The molecule has 0 aromatic heterocycles. The largest absolute Gasteiger partial charge is 0.453 e. The van der Waals surface area contributed by atoms with E-state index < -0.39 is 29.4 Å². The van der Waals surface area contributed by atoms with Gasteiger partial charge in [0.1, 0.15) is 5.60 Å². The van der Waals surface area contributed by atoms with Crippen LogP contribution in [0.2, 0.25) is 0 Å². The fraction of sp³-hybridized carbons (Fsp3) is 0.750. The predicted molar refractivity (Wildman–Crippen MR) is 93.9 cm³/mol. The molecule has 5 heteroatoms. The van der Waals surface area contributed by atoms with Crippen LogP contribution in [0.15, 0.2) is 24.3 Å². The van der Waals surface area contributed by atoms with Gasteiger partial charge in [-0.05, 0) is 57.9 Å². The Labute approximate surface area is 149 Å². The lowest BCUT2D eigenvalue weighted by Gasteiger charge is -2.33. The van der Waals surface area contributed by atoms with E-state index in [4.69, 9.17) is 9.47 Å². The summed E-state index contributed by atoms with van der Waals surface area (Å²) >= 11 is 0. The lowest BCUT2D eigenvalue weighted by Crippen LogP contribution is -2.43. The molecule has 0 aromatic carbocycles. The zero-order chi connectivity index (χ0) is 18.4. The standard InChI is InChI=1S/C20H30O5/c1-12-5-6-17(22)20(4)10-7-14(13(2)18(23)25-20)15(21)11-19(3)9-8-16(12)24-19/h14-17,21-22H,1-2,5-11H2,3-4H3/t14-,15+,16-,17+,19+,20+/m1/s1. The number of ether oxygens (including phenoxy) is 2. The van der Waals surface area contributed by atoms with Crippen molar-refractivity contribution >= 4 is 5.97 Å². The van der Waals surface area contributed by atoms with Gasteiger partial charge in [0, 0.05) is 17.9 Å². The zero-order valence-electron chi connectivity index (χ0n) is 15.3. The van der Waals surface area contributed by atoms with Crippen LogP contribution in [-0.4, -0.2) is 45.7 Å². The van der Waals surface area contributed by atoms with E-state index in [-0.39, 0.29) is 12.0 Å². The van der Waals surface area contributed by atoms with Crippen molar-refractivity contribution in [1.29, 1.82) is 0 Å². The molecule has 0 unspecified atom stereocenters. The highest BCUT2D eigenvalue weighted by atomic mass is 16.6.